The van der Waals surface area contributed by atoms with Gasteiger partial charge in [-0.2, -0.15) is 0 Å². The van der Waals surface area contributed by atoms with Crippen LogP contribution in [0, 0.1) is 9.49 Å². The number of aliphatic carboxylic acids is 1. The summed E-state index contributed by atoms with van der Waals surface area (Å²) in [5, 5.41) is 12.0. The first kappa shape index (κ1) is 15.4. The molecule has 1 aliphatic rings. The number of carboxylic acids is 1. The van der Waals surface area contributed by atoms with E-state index in [0.29, 0.717) is 23.8 Å². The number of carbonyl (C=O) groups is 2. The number of hydrogen-bond donors (Lipinski definition) is 2. The Morgan fingerprint density at radius 1 is 1.50 bits per heavy atom. The van der Waals surface area contributed by atoms with Gasteiger partial charge in [-0.3, -0.25) is 4.79 Å². The minimum atomic E-state index is -0.821. The monoisotopic (exact) mass is 408 g/mol. The first-order valence-corrected chi connectivity index (χ1v) is 7.64. The molecule has 0 radical (unpaired) electrons. The maximum absolute atomic E-state index is 12.1. The Labute approximate surface area is 135 Å². The zero-order valence-corrected chi connectivity index (χ0v) is 13.5. The molecule has 20 heavy (non-hydrogen) atoms. The van der Waals surface area contributed by atoms with Gasteiger partial charge in [0.25, 0.3) is 0 Å². The van der Waals surface area contributed by atoms with Gasteiger partial charge in [0.1, 0.15) is 0 Å². The molecule has 0 saturated carbocycles. The van der Waals surface area contributed by atoms with E-state index in [4.69, 9.17) is 16.7 Å². The molecule has 2 N–H and O–H groups in total. The van der Waals surface area contributed by atoms with Crippen molar-refractivity contribution >= 4 is 51.9 Å². The Balaban J connectivity index is 1.94. The lowest BCUT2D eigenvalue weighted by molar-refractivity contribution is -0.138. The van der Waals surface area contributed by atoms with E-state index in [1.54, 1.807) is 17.0 Å². The van der Waals surface area contributed by atoms with Gasteiger partial charge >= 0.3 is 12.0 Å². The van der Waals surface area contributed by atoms with Gasteiger partial charge < -0.3 is 15.3 Å². The minimum absolute atomic E-state index is 0.0328. The van der Waals surface area contributed by atoms with Crippen LogP contribution < -0.4 is 5.32 Å². The van der Waals surface area contributed by atoms with Crippen LogP contribution in [-0.2, 0) is 4.79 Å². The van der Waals surface area contributed by atoms with Crippen LogP contribution in [0.2, 0.25) is 5.02 Å². The van der Waals surface area contributed by atoms with Crippen LogP contribution in [0.5, 0.6) is 0 Å². The molecule has 2 rings (SSSR count). The van der Waals surface area contributed by atoms with E-state index in [1.807, 2.05) is 6.07 Å². The second-order valence-electron chi connectivity index (χ2n) is 4.75. The predicted octanol–water partition coefficient (Wildman–Crippen LogP) is 3.27. The highest BCUT2D eigenvalue weighted by Crippen LogP contribution is 2.25. The molecule has 0 bridgehead atoms. The number of hydrogen-bond acceptors (Lipinski definition) is 2. The SMILES string of the molecule is O=C(O)CC1CCN(C(=O)Nc2ccc(I)cc2Cl)C1. The van der Waals surface area contributed by atoms with Gasteiger partial charge in [-0.1, -0.05) is 11.6 Å². The Morgan fingerprint density at radius 2 is 2.25 bits per heavy atom. The van der Waals surface area contributed by atoms with Gasteiger partial charge in [0, 0.05) is 23.1 Å². The standard InChI is InChI=1S/C13H14ClIN2O3/c14-10-6-9(15)1-2-11(10)16-13(20)17-4-3-8(7-17)5-12(18)19/h1-2,6,8H,3-5,7H2,(H,16,20)(H,18,19). The molecule has 1 aromatic carbocycles. The minimum Gasteiger partial charge on any atom is -0.481 e. The highest BCUT2D eigenvalue weighted by Gasteiger charge is 2.27. The predicted molar refractivity (Wildman–Crippen MR) is 85.1 cm³/mol. The van der Waals surface area contributed by atoms with Crippen molar-refractivity contribution in [2.24, 2.45) is 5.92 Å². The summed E-state index contributed by atoms with van der Waals surface area (Å²) in [5.74, 6) is -0.789. The third kappa shape index (κ3) is 3.99. The smallest absolute Gasteiger partial charge is 0.321 e. The van der Waals surface area contributed by atoms with Gasteiger partial charge in [-0.15, -0.1) is 0 Å². The molecule has 0 aromatic heterocycles. The number of nitrogens with one attached hydrogen (secondary N) is 1. The van der Waals surface area contributed by atoms with Crippen LogP contribution in [0.15, 0.2) is 18.2 Å². The Hall–Kier alpha value is -1.02. The van der Waals surface area contributed by atoms with E-state index in [1.165, 1.54) is 0 Å². The summed E-state index contributed by atoms with van der Waals surface area (Å²) in [6, 6.07) is 5.15. The molecule has 5 nitrogen and oxygen atoms in total. The second-order valence-corrected chi connectivity index (χ2v) is 6.41. The lowest BCUT2D eigenvalue weighted by atomic mass is 10.1. The van der Waals surface area contributed by atoms with Gasteiger partial charge in [0.05, 0.1) is 10.7 Å². The van der Waals surface area contributed by atoms with Crippen molar-refractivity contribution in [2.45, 2.75) is 12.8 Å². The lowest BCUT2D eigenvalue weighted by Crippen LogP contribution is -2.33. The van der Waals surface area contributed by atoms with Gasteiger partial charge in [-0.05, 0) is 53.1 Å². The van der Waals surface area contributed by atoms with Crippen molar-refractivity contribution in [3.05, 3.63) is 26.8 Å². The summed E-state index contributed by atoms with van der Waals surface area (Å²) in [4.78, 5) is 24.4. The number of carboxylic acid groups (broad SMARTS) is 1. The second kappa shape index (κ2) is 6.62. The third-order valence-electron chi connectivity index (χ3n) is 3.21. The molecule has 0 aliphatic carbocycles. The van der Waals surface area contributed by atoms with Crippen molar-refractivity contribution in [1.29, 1.82) is 0 Å². The topological polar surface area (TPSA) is 69.6 Å². The van der Waals surface area contributed by atoms with Crippen LogP contribution in [0.25, 0.3) is 0 Å². The highest BCUT2D eigenvalue weighted by atomic mass is 127. The van der Waals surface area contributed by atoms with Crippen LogP contribution in [-0.4, -0.2) is 35.1 Å². The Kier molecular flexibility index (Phi) is 5.09. The molecule has 1 fully saturated rings. The lowest BCUT2D eigenvalue weighted by Gasteiger charge is -2.17. The molecule has 1 heterocycles. The van der Waals surface area contributed by atoms with E-state index in [-0.39, 0.29) is 18.4 Å². The average molecular weight is 409 g/mol. The van der Waals surface area contributed by atoms with Crippen LogP contribution in [0.4, 0.5) is 10.5 Å². The molecule has 1 aliphatic heterocycles. The molecule has 1 unspecified atom stereocenters. The molecule has 1 aromatic rings. The Morgan fingerprint density at radius 3 is 2.90 bits per heavy atom. The molecule has 1 atom stereocenters. The summed E-state index contributed by atoms with van der Waals surface area (Å²) < 4.78 is 0.994. The first-order valence-electron chi connectivity index (χ1n) is 6.18. The number of urea groups is 1. The number of halogens is 2. The molecular weight excluding hydrogens is 395 g/mol. The van der Waals surface area contributed by atoms with Crippen LogP contribution in [0.1, 0.15) is 12.8 Å². The number of nitrogens with zero attached hydrogens (tertiary/aromatic N) is 1. The van der Waals surface area contributed by atoms with E-state index in [2.05, 4.69) is 27.9 Å². The maximum Gasteiger partial charge on any atom is 0.321 e. The normalized spacial score (nSPS) is 18.1. The summed E-state index contributed by atoms with van der Waals surface area (Å²) in [6.07, 6.45) is 0.828. The fourth-order valence-corrected chi connectivity index (χ4v) is 3.12. The van der Waals surface area contributed by atoms with E-state index in [9.17, 15) is 9.59 Å². The molecule has 108 valence electrons. The largest absolute Gasteiger partial charge is 0.481 e. The zero-order chi connectivity index (χ0) is 14.7. The quantitative estimate of drug-likeness (QED) is 0.754. The molecule has 7 heteroatoms. The maximum atomic E-state index is 12.1. The van der Waals surface area contributed by atoms with Crippen molar-refractivity contribution in [3.8, 4) is 0 Å². The van der Waals surface area contributed by atoms with Crippen molar-refractivity contribution < 1.29 is 14.7 Å². The molecule has 2 amide bonds. The van der Waals surface area contributed by atoms with Crippen LogP contribution >= 0.6 is 34.2 Å². The van der Waals surface area contributed by atoms with Gasteiger partial charge in [0.2, 0.25) is 0 Å². The number of benzene rings is 1. The zero-order valence-electron chi connectivity index (χ0n) is 10.6. The van der Waals surface area contributed by atoms with E-state index < -0.39 is 5.97 Å². The Bertz CT molecular complexity index is 538. The fourth-order valence-electron chi connectivity index (χ4n) is 2.22. The number of carbonyl (C=O) groups excluding carboxylic acids is 1. The number of anilines is 1. The van der Waals surface area contributed by atoms with Crippen molar-refractivity contribution in [3.63, 3.8) is 0 Å². The highest BCUT2D eigenvalue weighted by molar-refractivity contribution is 14.1. The van der Waals surface area contributed by atoms with E-state index >= 15 is 0 Å². The summed E-state index contributed by atoms with van der Waals surface area (Å²) >= 11 is 8.21. The summed E-state index contributed by atoms with van der Waals surface area (Å²) in [5.41, 5.74) is 0.568. The first-order chi connectivity index (χ1) is 9.45. The molecule has 1 saturated heterocycles. The third-order valence-corrected chi connectivity index (χ3v) is 4.19. The van der Waals surface area contributed by atoms with E-state index in [0.717, 1.165) is 9.99 Å². The molecule has 0 spiro atoms. The van der Waals surface area contributed by atoms with Crippen LogP contribution in [0.3, 0.4) is 0 Å². The number of amides is 2. The van der Waals surface area contributed by atoms with Crippen molar-refractivity contribution in [1.82, 2.24) is 4.90 Å². The number of likely N-dealkylation sites (tertiary alicyclic amines) is 1. The average Bonchev–Trinajstić information content (AvgIpc) is 2.80. The number of rotatable bonds is 3. The van der Waals surface area contributed by atoms with Crippen molar-refractivity contribution in [2.75, 3.05) is 18.4 Å². The summed E-state index contributed by atoms with van der Waals surface area (Å²) in [6.45, 7) is 1.05. The fraction of sp³-hybridized carbons (Fsp3) is 0.385. The molecular formula is C13H14ClIN2O3. The van der Waals surface area contributed by atoms with Gasteiger partial charge in [-0.25, -0.2) is 4.79 Å². The van der Waals surface area contributed by atoms with Gasteiger partial charge in [0.15, 0.2) is 0 Å². The summed E-state index contributed by atoms with van der Waals surface area (Å²) in [7, 11) is 0.